The summed E-state index contributed by atoms with van der Waals surface area (Å²) in [5, 5.41) is 5.30. The lowest BCUT2D eigenvalue weighted by atomic mass is 10.0. The second kappa shape index (κ2) is 4.87. The van der Waals surface area contributed by atoms with E-state index in [0.29, 0.717) is 30.2 Å². The van der Waals surface area contributed by atoms with Gasteiger partial charge in [0.05, 0.1) is 12.3 Å². The van der Waals surface area contributed by atoms with Crippen LogP contribution in [0.4, 0.5) is 0 Å². The van der Waals surface area contributed by atoms with Crippen LogP contribution in [0.1, 0.15) is 54.4 Å². The molecule has 0 radical (unpaired) electrons. The van der Waals surface area contributed by atoms with E-state index in [0.717, 1.165) is 12.8 Å². The minimum atomic E-state index is -0.132. The molecule has 1 aromatic rings. The molecule has 0 aliphatic carbocycles. The fourth-order valence-corrected chi connectivity index (χ4v) is 1.92. The van der Waals surface area contributed by atoms with E-state index in [1.165, 1.54) is 5.06 Å². The zero-order valence-electron chi connectivity index (χ0n) is 10.5. The van der Waals surface area contributed by atoms with E-state index in [1.54, 1.807) is 6.92 Å². The molecular formula is C12H18N2O3. The van der Waals surface area contributed by atoms with E-state index in [9.17, 15) is 4.79 Å². The quantitative estimate of drug-likeness (QED) is 0.793. The Labute approximate surface area is 101 Å². The summed E-state index contributed by atoms with van der Waals surface area (Å²) in [5.41, 5.74) is 1.19. The van der Waals surface area contributed by atoms with E-state index in [-0.39, 0.29) is 11.8 Å². The van der Waals surface area contributed by atoms with Crippen molar-refractivity contribution in [3.05, 3.63) is 17.0 Å². The molecule has 0 unspecified atom stereocenters. The van der Waals surface area contributed by atoms with Crippen molar-refractivity contribution >= 4 is 5.91 Å². The van der Waals surface area contributed by atoms with Gasteiger partial charge in [0.15, 0.2) is 5.76 Å². The summed E-state index contributed by atoms with van der Waals surface area (Å²) in [6.45, 7) is 6.99. The van der Waals surface area contributed by atoms with Gasteiger partial charge in [0.25, 0.3) is 5.91 Å². The molecule has 0 aromatic carbocycles. The number of aryl methyl sites for hydroxylation is 1. The van der Waals surface area contributed by atoms with Gasteiger partial charge in [0.1, 0.15) is 5.56 Å². The molecule has 2 heterocycles. The molecule has 0 bridgehead atoms. The Morgan fingerprint density at radius 3 is 2.76 bits per heavy atom. The van der Waals surface area contributed by atoms with Crippen molar-refractivity contribution in [3.8, 4) is 0 Å². The molecule has 0 spiro atoms. The monoisotopic (exact) mass is 238 g/mol. The van der Waals surface area contributed by atoms with Crippen LogP contribution in [0.3, 0.4) is 0 Å². The van der Waals surface area contributed by atoms with Gasteiger partial charge in [0.2, 0.25) is 0 Å². The maximum absolute atomic E-state index is 12.3. The highest BCUT2D eigenvalue weighted by Crippen LogP contribution is 2.24. The summed E-state index contributed by atoms with van der Waals surface area (Å²) < 4.78 is 5.22. The van der Waals surface area contributed by atoms with Crippen LogP contribution in [0, 0.1) is 6.92 Å². The van der Waals surface area contributed by atoms with Gasteiger partial charge in [0, 0.05) is 12.5 Å². The standard InChI is InChI=1S/C12H18N2O3/c1-8(2)11-10(9(3)13-17-11)12(15)14-6-4-5-7-16-14/h8H,4-7H2,1-3H3. The van der Waals surface area contributed by atoms with Crippen molar-refractivity contribution in [2.75, 3.05) is 13.2 Å². The Morgan fingerprint density at radius 1 is 1.41 bits per heavy atom. The molecule has 94 valence electrons. The van der Waals surface area contributed by atoms with Crippen molar-refractivity contribution in [3.63, 3.8) is 0 Å². The largest absolute Gasteiger partial charge is 0.360 e. The van der Waals surface area contributed by atoms with Crippen LogP contribution in [0.25, 0.3) is 0 Å². The average molecular weight is 238 g/mol. The molecule has 1 amide bonds. The minimum absolute atomic E-state index is 0.132. The molecule has 0 N–H and O–H groups in total. The Morgan fingerprint density at radius 2 is 2.18 bits per heavy atom. The zero-order valence-corrected chi connectivity index (χ0v) is 10.5. The molecule has 5 nitrogen and oxygen atoms in total. The fourth-order valence-electron chi connectivity index (χ4n) is 1.92. The Balaban J connectivity index is 2.26. The maximum Gasteiger partial charge on any atom is 0.282 e. The first-order valence-electron chi connectivity index (χ1n) is 6.02. The topological polar surface area (TPSA) is 55.6 Å². The van der Waals surface area contributed by atoms with Gasteiger partial charge in [-0.15, -0.1) is 0 Å². The molecule has 1 fully saturated rings. The Hall–Kier alpha value is -1.36. The predicted molar refractivity (Wildman–Crippen MR) is 61.6 cm³/mol. The summed E-state index contributed by atoms with van der Waals surface area (Å²) in [6.07, 6.45) is 1.98. The smallest absolute Gasteiger partial charge is 0.282 e. The molecule has 1 aliphatic heterocycles. The third kappa shape index (κ3) is 2.34. The molecule has 1 saturated heterocycles. The summed E-state index contributed by atoms with van der Waals surface area (Å²) in [7, 11) is 0. The first-order chi connectivity index (χ1) is 8.11. The van der Waals surface area contributed by atoms with Crippen LogP contribution in [0.15, 0.2) is 4.52 Å². The maximum atomic E-state index is 12.3. The van der Waals surface area contributed by atoms with Crippen molar-refractivity contribution < 1.29 is 14.2 Å². The first-order valence-corrected chi connectivity index (χ1v) is 6.02. The molecule has 17 heavy (non-hydrogen) atoms. The number of hydrogen-bond donors (Lipinski definition) is 0. The number of aromatic nitrogens is 1. The van der Waals surface area contributed by atoms with Gasteiger partial charge < -0.3 is 4.52 Å². The molecule has 0 saturated carbocycles. The summed E-state index contributed by atoms with van der Waals surface area (Å²) in [5.74, 6) is 0.647. The Bertz CT molecular complexity index is 406. The van der Waals surface area contributed by atoms with Crippen molar-refractivity contribution in [2.45, 2.75) is 39.5 Å². The summed E-state index contributed by atoms with van der Waals surface area (Å²) in [6, 6.07) is 0. The lowest BCUT2D eigenvalue weighted by Crippen LogP contribution is -2.36. The highest BCUT2D eigenvalue weighted by Gasteiger charge is 2.28. The minimum Gasteiger partial charge on any atom is -0.360 e. The van der Waals surface area contributed by atoms with Crippen LogP contribution in [-0.4, -0.2) is 29.3 Å². The number of nitrogens with zero attached hydrogens (tertiary/aromatic N) is 2. The van der Waals surface area contributed by atoms with Gasteiger partial charge in [-0.1, -0.05) is 19.0 Å². The summed E-state index contributed by atoms with van der Waals surface area (Å²) in [4.78, 5) is 17.7. The van der Waals surface area contributed by atoms with Gasteiger partial charge in [-0.25, -0.2) is 5.06 Å². The predicted octanol–water partition coefficient (Wildman–Crippen LogP) is 2.27. The van der Waals surface area contributed by atoms with E-state index >= 15 is 0 Å². The molecule has 5 heteroatoms. The summed E-state index contributed by atoms with van der Waals surface area (Å²) >= 11 is 0. The normalized spacial score (nSPS) is 16.6. The number of rotatable bonds is 2. The zero-order chi connectivity index (χ0) is 12.4. The van der Waals surface area contributed by atoms with Crippen LogP contribution in [0.5, 0.6) is 0 Å². The highest BCUT2D eigenvalue weighted by atomic mass is 16.7. The number of hydroxylamine groups is 2. The average Bonchev–Trinajstić information content (AvgIpc) is 2.71. The van der Waals surface area contributed by atoms with Gasteiger partial charge in [-0.3, -0.25) is 9.63 Å². The van der Waals surface area contributed by atoms with Crippen LogP contribution in [-0.2, 0) is 4.84 Å². The second-order valence-corrected chi connectivity index (χ2v) is 4.61. The molecule has 0 atom stereocenters. The SMILES string of the molecule is Cc1noc(C(C)C)c1C(=O)N1CCCCO1. The lowest BCUT2D eigenvalue weighted by Gasteiger charge is -2.25. The van der Waals surface area contributed by atoms with E-state index in [2.05, 4.69) is 5.16 Å². The molecule has 1 aromatic heterocycles. The number of carbonyl (C=O) groups is 1. The van der Waals surface area contributed by atoms with Gasteiger partial charge in [-0.05, 0) is 19.8 Å². The van der Waals surface area contributed by atoms with Crippen LogP contribution in [0.2, 0.25) is 0 Å². The number of hydrogen-bond acceptors (Lipinski definition) is 4. The highest BCUT2D eigenvalue weighted by molar-refractivity contribution is 5.95. The fraction of sp³-hybridized carbons (Fsp3) is 0.667. The van der Waals surface area contributed by atoms with Gasteiger partial charge in [-0.2, -0.15) is 0 Å². The van der Waals surface area contributed by atoms with E-state index in [1.807, 2.05) is 13.8 Å². The Kier molecular flexibility index (Phi) is 3.47. The number of carbonyl (C=O) groups excluding carboxylic acids is 1. The third-order valence-corrected chi connectivity index (χ3v) is 2.86. The van der Waals surface area contributed by atoms with Crippen LogP contribution >= 0.6 is 0 Å². The second-order valence-electron chi connectivity index (χ2n) is 4.61. The first kappa shape index (κ1) is 12.1. The molecular weight excluding hydrogens is 220 g/mol. The van der Waals surface area contributed by atoms with E-state index < -0.39 is 0 Å². The van der Waals surface area contributed by atoms with Crippen molar-refractivity contribution in [1.29, 1.82) is 0 Å². The lowest BCUT2D eigenvalue weighted by molar-refractivity contribution is -0.144. The number of amides is 1. The molecule has 1 aliphatic rings. The van der Waals surface area contributed by atoms with Gasteiger partial charge >= 0.3 is 0 Å². The molecule has 2 rings (SSSR count). The van der Waals surface area contributed by atoms with Crippen molar-refractivity contribution in [1.82, 2.24) is 10.2 Å². The van der Waals surface area contributed by atoms with E-state index in [4.69, 9.17) is 9.36 Å². The van der Waals surface area contributed by atoms with Crippen LogP contribution < -0.4 is 0 Å². The third-order valence-electron chi connectivity index (χ3n) is 2.86. The van der Waals surface area contributed by atoms with Crippen molar-refractivity contribution in [2.24, 2.45) is 0 Å².